The first kappa shape index (κ1) is 23.5. The van der Waals surface area contributed by atoms with Crippen LogP contribution in [0.4, 0.5) is 16.2 Å². The van der Waals surface area contributed by atoms with Crippen molar-refractivity contribution in [2.24, 2.45) is 0 Å². The normalized spacial score (nSPS) is 14.7. The molecule has 1 saturated heterocycles. The molecule has 174 valence electrons. The summed E-state index contributed by atoms with van der Waals surface area (Å²) in [5.41, 5.74) is 2.85. The Morgan fingerprint density at radius 3 is 2.12 bits per heavy atom. The number of aliphatic hydroxyl groups excluding tert-OH is 1. The second-order valence-electron chi connectivity index (χ2n) is 7.75. The minimum Gasteiger partial charge on any atom is -0.497 e. The summed E-state index contributed by atoms with van der Waals surface area (Å²) in [6.07, 6.45) is -0.695. The van der Waals surface area contributed by atoms with E-state index >= 15 is 0 Å². The maximum absolute atomic E-state index is 13.2. The van der Waals surface area contributed by atoms with Crippen LogP contribution in [-0.4, -0.2) is 75.6 Å². The molecule has 1 aliphatic heterocycles. The molecule has 9 nitrogen and oxygen atoms in total. The Balaban J connectivity index is 1.74. The van der Waals surface area contributed by atoms with Crippen molar-refractivity contribution in [3.8, 4) is 17.4 Å². The number of nitrogens with zero attached hydrogens (tertiary/aromatic N) is 4. The third kappa shape index (κ3) is 4.83. The van der Waals surface area contributed by atoms with Gasteiger partial charge in [0.1, 0.15) is 17.2 Å². The number of benzene rings is 1. The molecular formula is C23H32N4O5. The predicted octanol–water partition coefficient (Wildman–Crippen LogP) is 2.85. The molecule has 0 radical (unpaired) electrons. The van der Waals surface area contributed by atoms with Gasteiger partial charge in [0, 0.05) is 68.4 Å². The van der Waals surface area contributed by atoms with Crippen LogP contribution in [0.25, 0.3) is 0 Å². The summed E-state index contributed by atoms with van der Waals surface area (Å²) >= 11 is 0. The lowest BCUT2D eigenvalue weighted by molar-refractivity contribution is 0.197. The van der Waals surface area contributed by atoms with Gasteiger partial charge < -0.3 is 29.1 Å². The van der Waals surface area contributed by atoms with Gasteiger partial charge in [0.25, 0.3) is 0 Å². The molecule has 1 N–H and O–H groups in total. The Morgan fingerprint density at radius 1 is 1.03 bits per heavy atom. The van der Waals surface area contributed by atoms with Crippen LogP contribution in [0, 0.1) is 6.92 Å². The van der Waals surface area contributed by atoms with Gasteiger partial charge in [-0.25, -0.2) is 9.78 Å². The van der Waals surface area contributed by atoms with Crippen molar-refractivity contribution in [1.29, 1.82) is 0 Å². The van der Waals surface area contributed by atoms with E-state index < -0.39 is 6.10 Å². The third-order valence-corrected chi connectivity index (χ3v) is 5.74. The molecule has 1 aromatic carbocycles. The number of piperazine rings is 1. The first-order valence-corrected chi connectivity index (χ1v) is 10.5. The summed E-state index contributed by atoms with van der Waals surface area (Å²) in [4.78, 5) is 23.2. The van der Waals surface area contributed by atoms with E-state index in [1.165, 1.54) is 12.0 Å². The van der Waals surface area contributed by atoms with Gasteiger partial charge in [-0.3, -0.25) is 4.90 Å². The number of aliphatic hydroxyl groups is 1. The number of ether oxygens (including phenoxy) is 3. The topological polar surface area (TPSA) is 87.6 Å². The maximum Gasteiger partial charge on any atom is 0.324 e. The van der Waals surface area contributed by atoms with Crippen LogP contribution in [-0.2, 0) is 0 Å². The van der Waals surface area contributed by atoms with Crippen LogP contribution < -0.4 is 24.0 Å². The van der Waals surface area contributed by atoms with Gasteiger partial charge in [0.15, 0.2) is 0 Å². The molecule has 0 aliphatic carbocycles. The predicted molar refractivity (Wildman–Crippen MR) is 123 cm³/mol. The molecular weight excluding hydrogens is 412 g/mol. The lowest BCUT2D eigenvalue weighted by Crippen LogP contribution is -2.52. The number of anilines is 2. The Bertz CT molecular complexity index is 935. The fourth-order valence-electron chi connectivity index (χ4n) is 3.85. The molecule has 3 rings (SSSR count). The molecule has 0 saturated carbocycles. The van der Waals surface area contributed by atoms with E-state index in [4.69, 9.17) is 14.2 Å². The Morgan fingerprint density at radius 2 is 1.62 bits per heavy atom. The summed E-state index contributed by atoms with van der Waals surface area (Å²) < 4.78 is 16.1. The number of methoxy groups -OCH3 is 3. The number of pyridine rings is 1. The van der Waals surface area contributed by atoms with E-state index in [1.54, 1.807) is 39.2 Å². The van der Waals surface area contributed by atoms with Crippen molar-refractivity contribution in [2.45, 2.75) is 20.0 Å². The van der Waals surface area contributed by atoms with Gasteiger partial charge in [-0.2, -0.15) is 0 Å². The summed E-state index contributed by atoms with van der Waals surface area (Å²) in [6, 6.07) is 7.39. The smallest absolute Gasteiger partial charge is 0.324 e. The molecule has 1 atom stereocenters. The average Bonchev–Trinajstić information content (AvgIpc) is 2.82. The number of rotatable bonds is 6. The molecule has 9 heteroatoms. The SMILES string of the molecule is COc1cc(OC)cc(N2CCN(C(=O)N(C)c3cc(C(C)O)c(C)nc3OC)CC2)c1. The number of aryl methyl sites for hydroxylation is 1. The lowest BCUT2D eigenvalue weighted by atomic mass is 10.1. The van der Waals surface area contributed by atoms with Crippen LogP contribution >= 0.6 is 0 Å². The lowest BCUT2D eigenvalue weighted by Gasteiger charge is -2.38. The van der Waals surface area contributed by atoms with Gasteiger partial charge in [0.05, 0.1) is 27.4 Å². The van der Waals surface area contributed by atoms with Crippen molar-refractivity contribution >= 4 is 17.4 Å². The minimum atomic E-state index is -0.695. The largest absolute Gasteiger partial charge is 0.497 e. The molecule has 2 heterocycles. The summed E-state index contributed by atoms with van der Waals surface area (Å²) in [5.74, 6) is 1.81. The van der Waals surface area contributed by atoms with E-state index in [9.17, 15) is 9.90 Å². The maximum atomic E-state index is 13.2. The molecule has 2 amide bonds. The number of hydrogen-bond acceptors (Lipinski definition) is 7. The summed E-state index contributed by atoms with van der Waals surface area (Å²) in [7, 11) is 6.47. The summed E-state index contributed by atoms with van der Waals surface area (Å²) in [5, 5.41) is 10.1. The molecule has 1 unspecified atom stereocenters. The van der Waals surface area contributed by atoms with Crippen molar-refractivity contribution in [3.63, 3.8) is 0 Å². The van der Waals surface area contributed by atoms with E-state index in [2.05, 4.69) is 9.88 Å². The fourth-order valence-corrected chi connectivity index (χ4v) is 3.85. The van der Waals surface area contributed by atoms with E-state index in [-0.39, 0.29) is 6.03 Å². The van der Waals surface area contributed by atoms with Crippen LogP contribution in [0.3, 0.4) is 0 Å². The second-order valence-corrected chi connectivity index (χ2v) is 7.75. The molecule has 1 aromatic heterocycles. The van der Waals surface area contributed by atoms with E-state index in [0.717, 1.165) is 17.2 Å². The van der Waals surface area contributed by atoms with Crippen LogP contribution in [0.15, 0.2) is 24.3 Å². The zero-order chi connectivity index (χ0) is 23.4. The molecule has 2 aromatic rings. The van der Waals surface area contributed by atoms with Gasteiger partial charge in [-0.1, -0.05) is 0 Å². The monoisotopic (exact) mass is 444 g/mol. The van der Waals surface area contributed by atoms with Gasteiger partial charge >= 0.3 is 6.03 Å². The van der Waals surface area contributed by atoms with Crippen molar-refractivity contribution in [3.05, 3.63) is 35.5 Å². The van der Waals surface area contributed by atoms with Gasteiger partial charge in [-0.15, -0.1) is 0 Å². The van der Waals surface area contributed by atoms with Crippen LogP contribution in [0.1, 0.15) is 24.3 Å². The average molecular weight is 445 g/mol. The van der Waals surface area contributed by atoms with Crippen molar-refractivity contribution < 1.29 is 24.1 Å². The summed E-state index contributed by atoms with van der Waals surface area (Å²) in [6.45, 7) is 5.97. The standard InChI is InChI=1S/C23H32N4O5/c1-15-20(16(2)28)14-21(22(24-15)32-6)25(3)23(29)27-9-7-26(8-10-27)17-11-18(30-4)13-19(12-17)31-5/h11-14,16,28H,7-10H2,1-6H3. The Hall–Kier alpha value is -3.20. The number of urea groups is 1. The molecule has 32 heavy (non-hydrogen) atoms. The van der Waals surface area contributed by atoms with Crippen LogP contribution in [0.5, 0.6) is 17.4 Å². The second kappa shape index (κ2) is 9.95. The number of amides is 2. The highest BCUT2D eigenvalue weighted by Gasteiger charge is 2.27. The molecule has 1 aliphatic rings. The Kier molecular flexibility index (Phi) is 7.29. The molecule has 0 spiro atoms. The highest BCUT2D eigenvalue weighted by atomic mass is 16.5. The highest BCUT2D eigenvalue weighted by molar-refractivity contribution is 5.93. The quantitative estimate of drug-likeness (QED) is 0.733. The molecule has 1 fully saturated rings. The number of aromatic nitrogens is 1. The van der Waals surface area contributed by atoms with E-state index in [1.807, 2.05) is 25.1 Å². The first-order chi connectivity index (χ1) is 15.3. The zero-order valence-electron chi connectivity index (χ0n) is 19.6. The number of carbonyl (C=O) groups is 1. The minimum absolute atomic E-state index is 0.145. The number of hydrogen-bond donors (Lipinski definition) is 1. The third-order valence-electron chi connectivity index (χ3n) is 5.74. The Labute approximate surface area is 189 Å². The van der Waals surface area contributed by atoms with Crippen LogP contribution in [0.2, 0.25) is 0 Å². The highest BCUT2D eigenvalue weighted by Crippen LogP contribution is 2.32. The first-order valence-electron chi connectivity index (χ1n) is 10.5. The van der Waals surface area contributed by atoms with E-state index in [0.29, 0.717) is 49.0 Å². The fraction of sp³-hybridized carbons (Fsp3) is 0.478. The number of carbonyl (C=O) groups excluding carboxylic acids is 1. The van der Waals surface area contributed by atoms with Gasteiger partial charge in [-0.05, 0) is 19.9 Å². The zero-order valence-corrected chi connectivity index (χ0v) is 19.6. The van der Waals surface area contributed by atoms with Crippen molar-refractivity contribution in [1.82, 2.24) is 9.88 Å². The van der Waals surface area contributed by atoms with Crippen molar-refractivity contribution in [2.75, 3.05) is 64.4 Å². The van der Waals surface area contributed by atoms with Gasteiger partial charge in [0.2, 0.25) is 5.88 Å². The molecule has 0 bridgehead atoms.